The van der Waals surface area contributed by atoms with Crippen molar-refractivity contribution in [3.8, 4) is 0 Å². The second-order valence-electron chi connectivity index (χ2n) is 8.59. The van der Waals surface area contributed by atoms with E-state index in [-0.39, 0.29) is 76.6 Å². The van der Waals surface area contributed by atoms with Crippen molar-refractivity contribution in [2.75, 3.05) is 78.9 Å². The van der Waals surface area contributed by atoms with Crippen LogP contribution >= 0.6 is 0 Å². The summed E-state index contributed by atoms with van der Waals surface area (Å²) >= 11 is 0. The second kappa shape index (κ2) is 23.5. The van der Waals surface area contributed by atoms with Crippen molar-refractivity contribution in [2.45, 2.75) is 44.1 Å². The number of carbonyl (C=O) groups excluding carboxylic acids is 3. The van der Waals surface area contributed by atoms with Crippen LogP contribution in [0.15, 0.2) is 0 Å². The SMILES string of the molecule is NCCCNC(=O)CCOCC(COCCC(=O)NCCCN)(COCCC(=O)NCCCN)NC(=O)O. The Morgan fingerprint density at radius 3 is 1.18 bits per heavy atom. The van der Waals surface area contributed by atoms with E-state index in [9.17, 15) is 24.3 Å². The zero-order valence-corrected chi connectivity index (χ0v) is 22.3. The van der Waals surface area contributed by atoms with Crippen LogP contribution in [0.25, 0.3) is 0 Å². The summed E-state index contributed by atoms with van der Waals surface area (Å²) in [5, 5.41) is 19.9. The Labute approximate surface area is 224 Å². The highest BCUT2D eigenvalue weighted by atomic mass is 16.5. The van der Waals surface area contributed by atoms with Crippen LogP contribution in [-0.2, 0) is 28.6 Å². The average molecular weight is 550 g/mol. The topological polar surface area (TPSA) is 242 Å². The number of amides is 4. The van der Waals surface area contributed by atoms with E-state index in [1.54, 1.807) is 0 Å². The summed E-state index contributed by atoms with van der Waals surface area (Å²) in [4.78, 5) is 47.2. The molecule has 0 aliphatic carbocycles. The van der Waals surface area contributed by atoms with Crippen LogP contribution in [0.5, 0.6) is 0 Å². The van der Waals surface area contributed by atoms with Gasteiger partial charge in [-0.3, -0.25) is 14.4 Å². The third-order valence-electron chi connectivity index (χ3n) is 5.04. The van der Waals surface area contributed by atoms with Crippen LogP contribution in [0.4, 0.5) is 4.79 Å². The lowest BCUT2D eigenvalue weighted by molar-refractivity contribution is -0.122. The van der Waals surface area contributed by atoms with Crippen molar-refractivity contribution in [2.24, 2.45) is 17.2 Å². The Hall–Kier alpha value is -2.56. The van der Waals surface area contributed by atoms with Gasteiger partial charge in [0.15, 0.2) is 0 Å². The molecular formula is C23H47N7O8. The minimum Gasteiger partial charge on any atom is -0.465 e. The molecular weight excluding hydrogens is 502 g/mol. The van der Waals surface area contributed by atoms with Crippen molar-refractivity contribution in [1.29, 1.82) is 0 Å². The maximum atomic E-state index is 11.9. The first-order valence-corrected chi connectivity index (χ1v) is 12.9. The molecule has 0 aliphatic rings. The summed E-state index contributed by atoms with van der Waals surface area (Å²) in [6.45, 7) is 2.37. The quantitative estimate of drug-likeness (QED) is 0.0558. The minimum atomic E-state index is -1.34. The Morgan fingerprint density at radius 2 is 0.921 bits per heavy atom. The molecule has 0 aromatic heterocycles. The Bertz CT molecular complexity index is 596. The van der Waals surface area contributed by atoms with Crippen molar-refractivity contribution in [1.82, 2.24) is 21.3 Å². The molecule has 0 spiro atoms. The zero-order valence-electron chi connectivity index (χ0n) is 22.3. The monoisotopic (exact) mass is 549 g/mol. The molecule has 0 aromatic carbocycles. The van der Waals surface area contributed by atoms with E-state index in [2.05, 4.69) is 21.3 Å². The highest BCUT2D eigenvalue weighted by Gasteiger charge is 2.34. The highest BCUT2D eigenvalue weighted by molar-refractivity contribution is 5.76. The number of carboxylic acid groups (broad SMARTS) is 1. The van der Waals surface area contributed by atoms with Gasteiger partial charge in [0.1, 0.15) is 5.54 Å². The van der Waals surface area contributed by atoms with E-state index >= 15 is 0 Å². The molecule has 0 saturated carbocycles. The number of rotatable bonds is 25. The van der Waals surface area contributed by atoms with Crippen molar-refractivity contribution in [3.05, 3.63) is 0 Å². The minimum absolute atomic E-state index is 0.0323. The lowest BCUT2D eigenvalue weighted by Crippen LogP contribution is -2.58. The largest absolute Gasteiger partial charge is 0.465 e. The number of carbonyl (C=O) groups is 4. The molecule has 0 saturated heterocycles. The molecule has 11 N–H and O–H groups in total. The second-order valence-corrected chi connectivity index (χ2v) is 8.59. The summed E-state index contributed by atoms with van der Waals surface area (Å²) in [5.74, 6) is -0.655. The van der Waals surface area contributed by atoms with Crippen LogP contribution in [0.2, 0.25) is 0 Å². The van der Waals surface area contributed by atoms with Gasteiger partial charge in [0.2, 0.25) is 17.7 Å². The number of hydrogen-bond acceptors (Lipinski definition) is 10. The molecule has 15 nitrogen and oxygen atoms in total. The molecule has 0 fully saturated rings. The summed E-state index contributed by atoms with van der Waals surface area (Å²) < 4.78 is 16.8. The predicted octanol–water partition coefficient (Wildman–Crippen LogP) is -2.39. The van der Waals surface area contributed by atoms with Crippen LogP contribution < -0.4 is 38.5 Å². The molecule has 0 unspecified atom stereocenters. The maximum Gasteiger partial charge on any atom is 0.405 e. The molecule has 0 radical (unpaired) electrons. The first-order valence-electron chi connectivity index (χ1n) is 12.9. The molecule has 0 rings (SSSR count). The van der Waals surface area contributed by atoms with E-state index in [0.717, 1.165) is 0 Å². The van der Waals surface area contributed by atoms with Crippen LogP contribution in [-0.4, -0.2) is 113 Å². The standard InChI is InChI=1S/C23H47N7O8/c24-7-1-10-27-19(31)4-13-36-16-23(30-22(34)35,17-37-14-5-20(32)28-11-2-8-25)18-38-15-6-21(33)29-12-3-9-26/h30H,1-18,24-26H2,(H,27,31)(H,28,32)(H,29,33)(H,34,35). The lowest BCUT2D eigenvalue weighted by Gasteiger charge is -2.33. The Balaban J connectivity index is 4.92. The summed E-state index contributed by atoms with van der Waals surface area (Å²) in [6, 6.07) is 0. The smallest absolute Gasteiger partial charge is 0.405 e. The third kappa shape index (κ3) is 20.5. The van der Waals surface area contributed by atoms with E-state index in [0.29, 0.717) is 58.5 Å². The zero-order chi connectivity index (χ0) is 28.5. The summed E-state index contributed by atoms with van der Waals surface area (Å²) in [6.07, 6.45) is 0.846. The van der Waals surface area contributed by atoms with Gasteiger partial charge in [0, 0.05) is 38.9 Å². The van der Waals surface area contributed by atoms with Gasteiger partial charge in [-0.25, -0.2) is 4.79 Å². The summed E-state index contributed by atoms with van der Waals surface area (Å²) in [7, 11) is 0. The van der Waals surface area contributed by atoms with Crippen molar-refractivity contribution in [3.63, 3.8) is 0 Å². The molecule has 38 heavy (non-hydrogen) atoms. The van der Waals surface area contributed by atoms with Crippen molar-refractivity contribution >= 4 is 23.8 Å². The van der Waals surface area contributed by atoms with Gasteiger partial charge < -0.3 is 57.8 Å². The van der Waals surface area contributed by atoms with Gasteiger partial charge >= 0.3 is 6.09 Å². The van der Waals surface area contributed by atoms with E-state index in [1.165, 1.54) is 0 Å². The Morgan fingerprint density at radius 1 is 0.605 bits per heavy atom. The van der Waals surface area contributed by atoms with Gasteiger partial charge in [-0.1, -0.05) is 0 Å². The number of ether oxygens (including phenoxy) is 3. The number of nitrogens with two attached hydrogens (primary N) is 3. The van der Waals surface area contributed by atoms with Crippen molar-refractivity contribution < 1.29 is 38.5 Å². The average Bonchev–Trinajstić information content (AvgIpc) is 2.87. The van der Waals surface area contributed by atoms with Crippen LogP contribution in [0, 0.1) is 0 Å². The van der Waals surface area contributed by atoms with E-state index < -0.39 is 11.6 Å². The summed E-state index contributed by atoms with van der Waals surface area (Å²) in [5.41, 5.74) is 14.9. The first-order chi connectivity index (χ1) is 18.3. The fourth-order valence-corrected chi connectivity index (χ4v) is 3.01. The molecule has 0 atom stereocenters. The first kappa shape index (κ1) is 35.4. The lowest BCUT2D eigenvalue weighted by atomic mass is 10.0. The van der Waals surface area contributed by atoms with Crippen LogP contribution in [0.3, 0.4) is 0 Å². The number of hydrogen-bond donors (Lipinski definition) is 8. The van der Waals surface area contributed by atoms with Gasteiger partial charge in [0.05, 0.1) is 39.6 Å². The molecule has 0 heterocycles. The Kier molecular flexibility index (Phi) is 22.0. The normalized spacial score (nSPS) is 11.1. The predicted molar refractivity (Wildman–Crippen MR) is 140 cm³/mol. The molecule has 15 heteroatoms. The van der Waals surface area contributed by atoms with Gasteiger partial charge in [-0.05, 0) is 38.9 Å². The van der Waals surface area contributed by atoms with E-state index in [1.807, 2.05) is 0 Å². The molecule has 0 aromatic rings. The molecule has 222 valence electrons. The maximum absolute atomic E-state index is 11.9. The van der Waals surface area contributed by atoms with Gasteiger partial charge in [-0.2, -0.15) is 0 Å². The fraction of sp³-hybridized carbons (Fsp3) is 0.826. The molecule has 0 bridgehead atoms. The van der Waals surface area contributed by atoms with Gasteiger partial charge in [-0.15, -0.1) is 0 Å². The van der Waals surface area contributed by atoms with Crippen LogP contribution in [0.1, 0.15) is 38.5 Å². The molecule has 4 amide bonds. The molecule has 0 aliphatic heterocycles. The number of nitrogens with one attached hydrogen (secondary N) is 4. The van der Waals surface area contributed by atoms with E-state index in [4.69, 9.17) is 31.4 Å². The third-order valence-corrected chi connectivity index (χ3v) is 5.04. The fourth-order valence-electron chi connectivity index (χ4n) is 3.01. The highest BCUT2D eigenvalue weighted by Crippen LogP contribution is 2.10. The van der Waals surface area contributed by atoms with Gasteiger partial charge in [0.25, 0.3) is 0 Å².